The summed E-state index contributed by atoms with van der Waals surface area (Å²) >= 11 is 4.69. The van der Waals surface area contributed by atoms with Gasteiger partial charge in [0.2, 0.25) is 0 Å². The van der Waals surface area contributed by atoms with Crippen LogP contribution < -0.4 is 4.72 Å². The Morgan fingerprint density at radius 1 is 1.27 bits per heavy atom. The standard InChI is InChI=1S/C18H17BrN2O3S2/c1-12-16(19)18(24-20-12)21-26(22,23)17-13(2)25-11-15(17)10-6-9-14-7-4-3-5-8-14/h3-9,11,21H,10H2,1-2H3. The summed E-state index contributed by atoms with van der Waals surface area (Å²) in [6.07, 6.45) is 4.46. The van der Waals surface area contributed by atoms with Crippen molar-refractivity contribution in [2.45, 2.75) is 25.2 Å². The smallest absolute Gasteiger partial charge is 0.265 e. The molecule has 0 radical (unpaired) electrons. The molecule has 26 heavy (non-hydrogen) atoms. The van der Waals surface area contributed by atoms with Crippen molar-refractivity contribution >= 4 is 49.3 Å². The minimum atomic E-state index is -3.77. The normalized spacial score (nSPS) is 12.0. The first-order valence-electron chi connectivity index (χ1n) is 7.81. The average Bonchev–Trinajstić information content (AvgIpc) is 3.13. The van der Waals surface area contributed by atoms with Crippen LogP contribution >= 0.6 is 27.3 Å². The maximum atomic E-state index is 12.9. The highest BCUT2D eigenvalue weighted by molar-refractivity contribution is 9.10. The summed E-state index contributed by atoms with van der Waals surface area (Å²) in [5.74, 6) is 0.0823. The minimum Gasteiger partial charge on any atom is -0.336 e. The third-order valence-electron chi connectivity index (χ3n) is 3.72. The molecule has 1 N–H and O–H groups in total. The molecule has 0 aliphatic rings. The zero-order valence-electron chi connectivity index (χ0n) is 14.2. The Bertz CT molecular complexity index is 1040. The Labute approximate surface area is 164 Å². The number of allylic oxidation sites excluding steroid dienone is 1. The molecule has 2 heterocycles. The fourth-order valence-corrected chi connectivity index (χ4v) is 5.52. The summed E-state index contributed by atoms with van der Waals surface area (Å²) < 4.78 is 33.8. The SMILES string of the molecule is Cc1noc(NS(=O)(=O)c2c(CC=Cc3ccccc3)csc2C)c1Br. The molecule has 0 unspecified atom stereocenters. The number of hydrogen-bond donors (Lipinski definition) is 1. The van der Waals surface area contributed by atoms with Crippen molar-refractivity contribution in [2.24, 2.45) is 0 Å². The van der Waals surface area contributed by atoms with Gasteiger partial charge in [-0.2, -0.15) is 0 Å². The van der Waals surface area contributed by atoms with Crippen LogP contribution in [0.25, 0.3) is 6.08 Å². The lowest BCUT2D eigenvalue weighted by Crippen LogP contribution is -2.14. The Balaban J connectivity index is 1.85. The van der Waals surface area contributed by atoms with Crippen LogP contribution in [0.15, 0.2) is 55.7 Å². The van der Waals surface area contributed by atoms with Gasteiger partial charge in [0.1, 0.15) is 9.37 Å². The lowest BCUT2D eigenvalue weighted by Gasteiger charge is -2.07. The fraction of sp³-hybridized carbons (Fsp3) is 0.167. The van der Waals surface area contributed by atoms with Crippen molar-refractivity contribution < 1.29 is 12.9 Å². The van der Waals surface area contributed by atoms with Crippen LogP contribution in [-0.2, 0) is 16.4 Å². The Morgan fingerprint density at radius 2 is 2.00 bits per heavy atom. The van der Waals surface area contributed by atoms with Crippen molar-refractivity contribution in [3.8, 4) is 0 Å². The van der Waals surface area contributed by atoms with E-state index in [-0.39, 0.29) is 5.88 Å². The molecule has 0 saturated heterocycles. The first-order valence-corrected chi connectivity index (χ1v) is 11.0. The first-order chi connectivity index (χ1) is 12.4. The van der Waals surface area contributed by atoms with Gasteiger partial charge in [0.15, 0.2) is 0 Å². The molecule has 0 amide bonds. The molecular formula is C18H17BrN2O3S2. The van der Waals surface area contributed by atoms with E-state index in [1.807, 2.05) is 47.9 Å². The highest BCUT2D eigenvalue weighted by atomic mass is 79.9. The number of aromatic nitrogens is 1. The molecule has 1 aromatic carbocycles. The van der Waals surface area contributed by atoms with Crippen LogP contribution in [0.2, 0.25) is 0 Å². The third-order valence-corrected chi connectivity index (χ3v) is 7.31. The number of aryl methyl sites for hydroxylation is 2. The van der Waals surface area contributed by atoms with Crippen molar-refractivity contribution in [3.05, 3.63) is 68.0 Å². The van der Waals surface area contributed by atoms with Crippen LogP contribution in [0.4, 0.5) is 5.88 Å². The van der Waals surface area contributed by atoms with Crippen molar-refractivity contribution in [1.29, 1.82) is 0 Å². The maximum Gasteiger partial charge on any atom is 0.265 e. The summed E-state index contributed by atoms with van der Waals surface area (Å²) in [4.78, 5) is 1.02. The van der Waals surface area contributed by atoms with Gasteiger partial charge in [0, 0.05) is 4.88 Å². The number of benzene rings is 1. The highest BCUT2D eigenvalue weighted by Crippen LogP contribution is 2.32. The number of sulfonamides is 1. The zero-order chi connectivity index (χ0) is 18.7. The molecule has 0 fully saturated rings. The monoisotopic (exact) mass is 452 g/mol. The van der Waals surface area contributed by atoms with Gasteiger partial charge in [-0.05, 0) is 52.7 Å². The van der Waals surface area contributed by atoms with Crippen LogP contribution in [-0.4, -0.2) is 13.6 Å². The molecule has 2 aromatic heterocycles. The highest BCUT2D eigenvalue weighted by Gasteiger charge is 2.25. The van der Waals surface area contributed by atoms with Gasteiger partial charge < -0.3 is 4.52 Å². The zero-order valence-corrected chi connectivity index (χ0v) is 17.4. The summed E-state index contributed by atoms with van der Waals surface area (Å²) in [5, 5.41) is 5.63. The van der Waals surface area contributed by atoms with Gasteiger partial charge >= 0.3 is 0 Å². The third kappa shape index (κ3) is 4.08. The summed E-state index contributed by atoms with van der Waals surface area (Å²) in [6, 6.07) is 9.88. The molecule has 0 bridgehead atoms. The van der Waals surface area contributed by atoms with Crippen molar-refractivity contribution in [2.75, 3.05) is 4.72 Å². The number of hydrogen-bond acceptors (Lipinski definition) is 5. The molecular weight excluding hydrogens is 436 g/mol. The van der Waals surface area contributed by atoms with Crippen LogP contribution in [0.5, 0.6) is 0 Å². The predicted molar refractivity (Wildman–Crippen MR) is 108 cm³/mol. The number of rotatable bonds is 6. The second-order valence-electron chi connectivity index (χ2n) is 5.68. The lowest BCUT2D eigenvalue weighted by molar-refractivity contribution is 0.430. The van der Waals surface area contributed by atoms with E-state index in [1.54, 1.807) is 13.8 Å². The molecule has 0 aliphatic heterocycles. The molecule has 3 rings (SSSR count). The quantitative estimate of drug-likeness (QED) is 0.559. The van der Waals surface area contributed by atoms with E-state index >= 15 is 0 Å². The van der Waals surface area contributed by atoms with Gasteiger partial charge in [-0.15, -0.1) is 11.3 Å². The largest absolute Gasteiger partial charge is 0.336 e. The number of thiophene rings is 1. The molecule has 3 aromatic rings. The maximum absolute atomic E-state index is 12.9. The topological polar surface area (TPSA) is 72.2 Å². The number of anilines is 1. The molecule has 8 heteroatoms. The Morgan fingerprint density at radius 3 is 2.65 bits per heavy atom. The van der Waals surface area contributed by atoms with Gasteiger partial charge in [-0.25, -0.2) is 13.1 Å². The average molecular weight is 453 g/mol. The van der Waals surface area contributed by atoms with Crippen LogP contribution in [0.3, 0.4) is 0 Å². The van der Waals surface area contributed by atoms with E-state index in [0.29, 0.717) is 21.5 Å². The Kier molecular flexibility index (Phi) is 5.64. The van der Waals surface area contributed by atoms with Gasteiger partial charge in [-0.1, -0.05) is 47.6 Å². The lowest BCUT2D eigenvalue weighted by atomic mass is 10.1. The molecule has 5 nitrogen and oxygen atoms in total. The van der Waals surface area contributed by atoms with E-state index in [0.717, 1.165) is 16.0 Å². The minimum absolute atomic E-state index is 0.0823. The summed E-state index contributed by atoms with van der Waals surface area (Å²) in [6.45, 7) is 3.52. The van der Waals surface area contributed by atoms with Crippen LogP contribution in [0.1, 0.15) is 21.7 Å². The molecule has 0 spiro atoms. The molecule has 0 atom stereocenters. The number of nitrogens with one attached hydrogen (secondary N) is 1. The van der Waals surface area contributed by atoms with E-state index < -0.39 is 10.0 Å². The van der Waals surface area contributed by atoms with Crippen molar-refractivity contribution in [1.82, 2.24) is 5.16 Å². The van der Waals surface area contributed by atoms with E-state index in [9.17, 15) is 8.42 Å². The second-order valence-corrected chi connectivity index (χ2v) is 9.18. The molecule has 136 valence electrons. The van der Waals surface area contributed by atoms with Crippen LogP contribution in [0, 0.1) is 13.8 Å². The van der Waals surface area contributed by atoms with E-state index in [1.165, 1.54) is 11.3 Å². The second kappa shape index (κ2) is 7.77. The number of nitrogens with zero attached hydrogens (tertiary/aromatic N) is 1. The van der Waals surface area contributed by atoms with E-state index in [2.05, 4.69) is 25.8 Å². The van der Waals surface area contributed by atoms with Gasteiger partial charge in [0.25, 0.3) is 15.9 Å². The summed E-state index contributed by atoms with van der Waals surface area (Å²) in [5.41, 5.74) is 2.40. The predicted octanol–water partition coefficient (Wildman–Crippen LogP) is 5.17. The number of halogens is 1. The molecule has 0 saturated carbocycles. The first kappa shape index (κ1) is 18.9. The summed E-state index contributed by atoms with van der Waals surface area (Å²) in [7, 11) is -3.77. The Hall–Kier alpha value is -1.90. The molecule has 0 aliphatic carbocycles. The van der Waals surface area contributed by atoms with Gasteiger partial charge in [0.05, 0.1) is 5.69 Å². The van der Waals surface area contributed by atoms with E-state index in [4.69, 9.17) is 4.52 Å². The fourth-order valence-electron chi connectivity index (χ4n) is 2.48. The van der Waals surface area contributed by atoms with Gasteiger partial charge in [-0.3, -0.25) is 0 Å². The van der Waals surface area contributed by atoms with Crippen molar-refractivity contribution in [3.63, 3.8) is 0 Å².